The number of hydrogen-bond donors (Lipinski definition) is 0. The molecule has 0 aliphatic carbocycles. The van der Waals surface area contributed by atoms with Crippen molar-refractivity contribution in [3.8, 4) is 17.4 Å². The highest BCUT2D eigenvalue weighted by molar-refractivity contribution is 6.00. The van der Waals surface area contributed by atoms with Crippen molar-refractivity contribution < 1.29 is 27.1 Å². The van der Waals surface area contributed by atoms with Crippen molar-refractivity contribution in [3.63, 3.8) is 0 Å². The quantitative estimate of drug-likeness (QED) is 0.551. The van der Waals surface area contributed by atoms with E-state index in [-0.39, 0.29) is 29.6 Å². The lowest BCUT2D eigenvalue weighted by atomic mass is 9.98. The molecule has 0 saturated carbocycles. The van der Waals surface area contributed by atoms with Crippen LogP contribution >= 0.6 is 0 Å². The van der Waals surface area contributed by atoms with E-state index in [1.54, 1.807) is 11.0 Å². The second kappa shape index (κ2) is 8.05. The second-order valence-electron chi connectivity index (χ2n) is 7.92. The Morgan fingerprint density at radius 3 is 2.48 bits per heavy atom. The molecule has 33 heavy (non-hydrogen) atoms. The predicted molar refractivity (Wildman–Crippen MR) is 106 cm³/mol. The Morgan fingerprint density at radius 2 is 1.79 bits per heavy atom. The SMILES string of the molecule is O=C(c1cc(F)ccc1-c1ncccn1)N1[C@@H]2CC[C@H]1[C@H](Oc1ncc(C(F)(F)F)cn1)C2. The van der Waals surface area contributed by atoms with Gasteiger partial charge in [-0.1, -0.05) is 0 Å². The van der Waals surface area contributed by atoms with Crippen LogP contribution in [0, 0.1) is 5.82 Å². The Morgan fingerprint density at radius 1 is 1.06 bits per heavy atom. The molecule has 4 heterocycles. The first-order valence-electron chi connectivity index (χ1n) is 10.3. The summed E-state index contributed by atoms with van der Waals surface area (Å²) in [5.74, 6) is -0.627. The first-order chi connectivity index (χ1) is 15.8. The molecule has 2 bridgehead atoms. The molecule has 0 spiro atoms. The Hall–Kier alpha value is -3.63. The molecule has 2 fully saturated rings. The molecule has 2 aliphatic rings. The second-order valence-corrected chi connectivity index (χ2v) is 7.92. The number of fused-ring (bicyclic) bond motifs is 2. The summed E-state index contributed by atoms with van der Waals surface area (Å²) in [5, 5.41) is 0. The highest BCUT2D eigenvalue weighted by Crippen LogP contribution is 2.41. The minimum Gasteiger partial charge on any atom is -0.458 e. The Labute approximate surface area is 185 Å². The maximum atomic E-state index is 14.1. The van der Waals surface area contributed by atoms with E-state index >= 15 is 0 Å². The van der Waals surface area contributed by atoms with Crippen LogP contribution in [0.1, 0.15) is 35.2 Å². The van der Waals surface area contributed by atoms with E-state index in [2.05, 4.69) is 19.9 Å². The number of carbonyl (C=O) groups is 1. The largest absolute Gasteiger partial charge is 0.458 e. The Bertz CT molecular complexity index is 1170. The average Bonchev–Trinajstić information content (AvgIpc) is 3.36. The van der Waals surface area contributed by atoms with Gasteiger partial charge in [0.2, 0.25) is 0 Å². The number of carbonyl (C=O) groups excluding carboxylic acids is 1. The standard InChI is InChI=1S/C22H17F4N5O2/c23-13-2-4-15(19-27-6-1-7-28-19)16(8-13)20(32)31-14-3-5-17(31)18(9-14)33-21-29-10-12(11-30-21)22(24,25)26/h1-2,4,6-8,10-11,14,17-18H,3,5,9H2/t14-,17+,18-/m1/s1. The molecule has 3 aromatic rings. The molecule has 1 amide bonds. The highest BCUT2D eigenvalue weighted by Gasteiger charge is 2.50. The maximum absolute atomic E-state index is 14.1. The smallest absolute Gasteiger partial charge is 0.419 e. The van der Waals surface area contributed by atoms with Gasteiger partial charge in [0.05, 0.1) is 17.2 Å². The summed E-state index contributed by atoms with van der Waals surface area (Å²) >= 11 is 0. The van der Waals surface area contributed by atoms with Crippen molar-refractivity contribution in [1.82, 2.24) is 24.8 Å². The Balaban J connectivity index is 1.39. The van der Waals surface area contributed by atoms with E-state index in [0.717, 1.165) is 6.42 Å². The third-order valence-electron chi connectivity index (χ3n) is 5.95. The molecule has 2 aliphatic heterocycles. The molecule has 5 rings (SSSR count). The van der Waals surface area contributed by atoms with Crippen LogP contribution in [0.5, 0.6) is 6.01 Å². The summed E-state index contributed by atoms with van der Waals surface area (Å²) in [6, 6.07) is 4.86. The van der Waals surface area contributed by atoms with Crippen molar-refractivity contribution in [2.24, 2.45) is 0 Å². The van der Waals surface area contributed by atoms with Crippen LogP contribution in [0.3, 0.4) is 0 Å². The van der Waals surface area contributed by atoms with Crippen molar-refractivity contribution in [3.05, 3.63) is 66.0 Å². The predicted octanol–water partition coefficient (Wildman–Crippen LogP) is 3.92. The number of halogens is 4. The number of alkyl halides is 3. The zero-order valence-electron chi connectivity index (χ0n) is 17.0. The van der Waals surface area contributed by atoms with Gasteiger partial charge in [0.25, 0.3) is 5.91 Å². The molecular weight excluding hydrogens is 442 g/mol. The van der Waals surface area contributed by atoms with Crippen molar-refractivity contribution in [2.75, 3.05) is 0 Å². The normalized spacial score (nSPS) is 21.9. The Kier molecular flexibility index (Phi) is 5.18. The molecule has 170 valence electrons. The maximum Gasteiger partial charge on any atom is 0.419 e. The third-order valence-corrected chi connectivity index (χ3v) is 5.95. The van der Waals surface area contributed by atoms with Gasteiger partial charge in [0, 0.05) is 42.8 Å². The van der Waals surface area contributed by atoms with E-state index < -0.39 is 23.7 Å². The van der Waals surface area contributed by atoms with Crippen molar-refractivity contribution in [2.45, 2.75) is 43.6 Å². The number of hydrogen-bond acceptors (Lipinski definition) is 6. The molecule has 2 saturated heterocycles. The zero-order chi connectivity index (χ0) is 23.2. The van der Waals surface area contributed by atoms with Gasteiger partial charge >= 0.3 is 12.2 Å². The summed E-state index contributed by atoms with van der Waals surface area (Å²) in [6.45, 7) is 0. The lowest BCUT2D eigenvalue weighted by molar-refractivity contribution is -0.138. The zero-order valence-corrected chi connectivity index (χ0v) is 17.0. The summed E-state index contributed by atoms with van der Waals surface area (Å²) in [4.78, 5) is 30.8. The van der Waals surface area contributed by atoms with Gasteiger partial charge in [0.15, 0.2) is 5.82 Å². The lowest BCUT2D eigenvalue weighted by Crippen LogP contribution is -2.39. The van der Waals surface area contributed by atoms with Crippen molar-refractivity contribution in [1.29, 1.82) is 0 Å². The van der Waals surface area contributed by atoms with Crippen LogP contribution in [0.2, 0.25) is 0 Å². The van der Waals surface area contributed by atoms with E-state index in [4.69, 9.17) is 4.74 Å². The van der Waals surface area contributed by atoms with E-state index in [1.807, 2.05) is 0 Å². The molecular formula is C22H17F4N5O2. The number of rotatable bonds is 4. The van der Waals surface area contributed by atoms with Crippen LogP contribution < -0.4 is 4.74 Å². The van der Waals surface area contributed by atoms with Crippen LogP contribution in [0.25, 0.3) is 11.4 Å². The number of aromatic nitrogens is 4. The molecule has 11 heteroatoms. The molecule has 0 unspecified atom stereocenters. The van der Waals surface area contributed by atoms with Gasteiger partial charge in [-0.05, 0) is 37.1 Å². The number of nitrogens with zero attached hydrogens (tertiary/aromatic N) is 5. The fourth-order valence-corrected chi connectivity index (χ4v) is 4.50. The van der Waals surface area contributed by atoms with Crippen LogP contribution in [0.4, 0.5) is 17.6 Å². The molecule has 0 N–H and O–H groups in total. The summed E-state index contributed by atoms with van der Waals surface area (Å²) in [5.41, 5.74) is -0.414. The fourth-order valence-electron chi connectivity index (χ4n) is 4.50. The van der Waals surface area contributed by atoms with Crippen LogP contribution in [0.15, 0.2) is 49.1 Å². The van der Waals surface area contributed by atoms with Gasteiger partial charge in [-0.25, -0.2) is 24.3 Å². The van der Waals surface area contributed by atoms with Gasteiger partial charge in [-0.3, -0.25) is 4.79 Å². The van der Waals surface area contributed by atoms with Crippen LogP contribution in [-0.4, -0.2) is 48.9 Å². The van der Waals surface area contributed by atoms with E-state index in [0.29, 0.717) is 36.6 Å². The van der Waals surface area contributed by atoms with Gasteiger partial charge in [-0.2, -0.15) is 13.2 Å². The third kappa shape index (κ3) is 3.98. The van der Waals surface area contributed by atoms with Gasteiger partial charge < -0.3 is 9.64 Å². The minimum atomic E-state index is -4.54. The summed E-state index contributed by atoms with van der Waals surface area (Å²) in [6.07, 6.45) is 1.25. The lowest BCUT2D eigenvalue weighted by Gasteiger charge is -2.25. The number of amides is 1. The number of benzene rings is 1. The first-order valence-corrected chi connectivity index (χ1v) is 10.3. The number of ether oxygens (including phenoxy) is 1. The average molecular weight is 459 g/mol. The fraction of sp³-hybridized carbons (Fsp3) is 0.318. The summed E-state index contributed by atoms with van der Waals surface area (Å²) < 4.78 is 58.0. The topological polar surface area (TPSA) is 81.1 Å². The first kappa shape index (κ1) is 21.2. The monoisotopic (exact) mass is 459 g/mol. The van der Waals surface area contributed by atoms with Crippen LogP contribution in [-0.2, 0) is 6.18 Å². The molecule has 3 atom stereocenters. The molecule has 0 radical (unpaired) electrons. The van der Waals surface area contributed by atoms with E-state index in [9.17, 15) is 22.4 Å². The van der Waals surface area contributed by atoms with Gasteiger partial charge in [0.1, 0.15) is 11.9 Å². The molecule has 7 nitrogen and oxygen atoms in total. The highest BCUT2D eigenvalue weighted by atomic mass is 19.4. The van der Waals surface area contributed by atoms with E-state index in [1.165, 1.54) is 30.6 Å². The summed E-state index contributed by atoms with van der Waals surface area (Å²) in [7, 11) is 0. The molecule has 2 aromatic heterocycles. The molecule has 1 aromatic carbocycles. The van der Waals surface area contributed by atoms with Crippen molar-refractivity contribution >= 4 is 5.91 Å². The minimum absolute atomic E-state index is 0.143. The van der Waals surface area contributed by atoms with Gasteiger partial charge in [-0.15, -0.1) is 0 Å².